The topological polar surface area (TPSA) is 49.3 Å². The lowest BCUT2D eigenvalue weighted by Gasteiger charge is -2.05. The number of aliphatic hydroxyl groups excluding tert-OH is 1. The fraction of sp³-hybridized carbons (Fsp3) is 0.417. The molecule has 4 heteroatoms. The van der Waals surface area contributed by atoms with Crippen LogP contribution in [0.15, 0.2) is 24.3 Å². The predicted octanol–water partition coefficient (Wildman–Crippen LogP) is 2.53. The molecule has 16 heavy (non-hydrogen) atoms. The van der Waals surface area contributed by atoms with E-state index in [1.807, 2.05) is 0 Å². The van der Waals surface area contributed by atoms with E-state index in [0.29, 0.717) is 12.3 Å². The Balaban J connectivity index is 2.37. The van der Waals surface area contributed by atoms with E-state index < -0.39 is 0 Å². The number of alkyl halides is 1. The Kier molecular flexibility index (Phi) is 5.90. The number of unbranched alkanes of at least 4 members (excludes halogenated alkanes) is 1. The molecular formula is C12H16ClNO2. The number of anilines is 1. The molecule has 0 saturated heterocycles. The van der Waals surface area contributed by atoms with Crippen LogP contribution in [0.5, 0.6) is 0 Å². The van der Waals surface area contributed by atoms with E-state index in [1.54, 1.807) is 24.3 Å². The van der Waals surface area contributed by atoms with Crippen molar-refractivity contribution in [2.45, 2.75) is 25.9 Å². The summed E-state index contributed by atoms with van der Waals surface area (Å²) in [5, 5.41) is 11.6. The molecule has 88 valence electrons. The number of hydrogen-bond acceptors (Lipinski definition) is 2. The molecule has 0 aliphatic carbocycles. The van der Waals surface area contributed by atoms with Gasteiger partial charge in [0, 0.05) is 18.0 Å². The highest BCUT2D eigenvalue weighted by Crippen LogP contribution is 2.10. The first-order valence-corrected chi connectivity index (χ1v) is 5.85. The van der Waals surface area contributed by atoms with Gasteiger partial charge in [-0.05, 0) is 30.5 Å². The van der Waals surface area contributed by atoms with Gasteiger partial charge in [0.05, 0.1) is 6.61 Å². The van der Waals surface area contributed by atoms with E-state index in [4.69, 9.17) is 16.7 Å². The molecule has 0 unspecified atom stereocenters. The van der Waals surface area contributed by atoms with Crippen molar-refractivity contribution in [1.29, 1.82) is 0 Å². The number of rotatable bonds is 6. The fourth-order valence-electron chi connectivity index (χ4n) is 1.30. The second-order valence-corrected chi connectivity index (χ2v) is 3.93. The zero-order chi connectivity index (χ0) is 11.8. The van der Waals surface area contributed by atoms with E-state index in [1.165, 1.54) is 0 Å². The highest BCUT2D eigenvalue weighted by atomic mass is 35.5. The highest BCUT2D eigenvalue weighted by molar-refractivity contribution is 6.17. The molecule has 0 aromatic heterocycles. The first-order chi connectivity index (χ1) is 7.76. The Morgan fingerprint density at radius 2 is 1.94 bits per heavy atom. The third kappa shape index (κ3) is 4.64. The number of carbonyl (C=O) groups excluding carboxylic acids is 1. The van der Waals surface area contributed by atoms with Gasteiger partial charge in [-0.3, -0.25) is 4.79 Å². The first kappa shape index (κ1) is 13.0. The molecular weight excluding hydrogens is 226 g/mol. The van der Waals surface area contributed by atoms with Crippen molar-refractivity contribution in [2.75, 3.05) is 11.2 Å². The van der Waals surface area contributed by atoms with Crippen molar-refractivity contribution in [3.63, 3.8) is 0 Å². The molecule has 0 fully saturated rings. The number of aliphatic hydroxyl groups is 1. The van der Waals surface area contributed by atoms with Gasteiger partial charge in [0.15, 0.2) is 0 Å². The lowest BCUT2D eigenvalue weighted by atomic mass is 10.2. The smallest absolute Gasteiger partial charge is 0.224 e. The monoisotopic (exact) mass is 241 g/mol. The second kappa shape index (κ2) is 7.25. The van der Waals surface area contributed by atoms with Gasteiger partial charge in [-0.2, -0.15) is 0 Å². The van der Waals surface area contributed by atoms with Gasteiger partial charge in [0.25, 0.3) is 0 Å². The molecule has 3 nitrogen and oxygen atoms in total. The number of benzene rings is 1. The Morgan fingerprint density at radius 3 is 2.50 bits per heavy atom. The number of carbonyl (C=O) groups is 1. The molecule has 0 heterocycles. The highest BCUT2D eigenvalue weighted by Gasteiger charge is 2.01. The Morgan fingerprint density at radius 1 is 1.25 bits per heavy atom. The molecule has 0 aliphatic heterocycles. The van der Waals surface area contributed by atoms with Crippen molar-refractivity contribution >= 4 is 23.2 Å². The molecule has 0 atom stereocenters. The van der Waals surface area contributed by atoms with E-state index in [9.17, 15) is 4.79 Å². The van der Waals surface area contributed by atoms with Gasteiger partial charge >= 0.3 is 0 Å². The van der Waals surface area contributed by atoms with Gasteiger partial charge in [-0.1, -0.05) is 12.1 Å². The summed E-state index contributed by atoms with van der Waals surface area (Å²) in [5.74, 6) is 0.597. The van der Waals surface area contributed by atoms with Crippen LogP contribution in [-0.2, 0) is 11.4 Å². The molecule has 1 amide bonds. The summed E-state index contributed by atoms with van der Waals surface area (Å²) in [4.78, 5) is 11.4. The molecule has 1 rings (SSSR count). The standard InChI is InChI=1S/C12H16ClNO2/c13-8-2-1-3-12(16)14-11-6-4-10(9-15)5-7-11/h4-7,15H,1-3,8-9H2,(H,14,16). The summed E-state index contributed by atoms with van der Waals surface area (Å²) >= 11 is 5.52. The van der Waals surface area contributed by atoms with E-state index >= 15 is 0 Å². The van der Waals surface area contributed by atoms with Crippen LogP contribution in [0.2, 0.25) is 0 Å². The minimum absolute atomic E-state index is 0.00173. The van der Waals surface area contributed by atoms with Crippen molar-refractivity contribution < 1.29 is 9.90 Å². The third-order valence-electron chi connectivity index (χ3n) is 2.21. The number of nitrogens with one attached hydrogen (secondary N) is 1. The Bertz CT molecular complexity index is 324. The van der Waals surface area contributed by atoms with E-state index in [0.717, 1.165) is 24.1 Å². The lowest BCUT2D eigenvalue weighted by Crippen LogP contribution is -2.11. The van der Waals surface area contributed by atoms with Crippen LogP contribution in [0.1, 0.15) is 24.8 Å². The van der Waals surface area contributed by atoms with Gasteiger partial charge in [-0.15, -0.1) is 11.6 Å². The molecule has 0 saturated carbocycles. The largest absolute Gasteiger partial charge is 0.392 e. The van der Waals surface area contributed by atoms with Crippen LogP contribution < -0.4 is 5.32 Å². The maximum Gasteiger partial charge on any atom is 0.224 e. The van der Waals surface area contributed by atoms with E-state index in [-0.39, 0.29) is 12.5 Å². The number of hydrogen-bond donors (Lipinski definition) is 2. The van der Waals surface area contributed by atoms with Crippen molar-refractivity contribution in [3.8, 4) is 0 Å². The average Bonchev–Trinajstić information content (AvgIpc) is 2.30. The van der Waals surface area contributed by atoms with Crippen LogP contribution in [0, 0.1) is 0 Å². The zero-order valence-corrected chi connectivity index (χ0v) is 9.83. The summed E-state index contributed by atoms with van der Waals surface area (Å²) in [6.45, 7) is 0.0178. The van der Waals surface area contributed by atoms with Gasteiger partial charge < -0.3 is 10.4 Å². The SMILES string of the molecule is O=C(CCCCCl)Nc1ccc(CO)cc1. The third-order valence-corrected chi connectivity index (χ3v) is 2.47. The molecule has 1 aromatic rings. The summed E-state index contributed by atoms with van der Waals surface area (Å²) in [7, 11) is 0. The van der Waals surface area contributed by atoms with Crippen molar-refractivity contribution in [1.82, 2.24) is 0 Å². The molecule has 0 spiro atoms. The maximum atomic E-state index is 11.4. The summed E-state index contributed by atoms with van der Waals surface area (Å²) in [5.41, 5.74) is 1.59. The van der Waals surface area contributed by atoms with Gasteiger partial charge in [0.2, 0.25) is 5.91 Å². The van der Waals surface area contributed by atoms with Crippen LogP contribution in [0.4, 0.5) is 5.69 Å². The maximum absolute atomic E-state index is 11.4. The van der Waals surface area contributed by atoms with Crippen LogP contribution in [0.25, 0.3) is 0 Å². The Labute approximate surface area is 100 Å². The fourth-order valence-corrected chi connectivity index (χ4v) is 1.49. The molecule has 0 bridgehead atoms. The van der Waals surface area contributed by atoms with Crippen molar-refractivity contribution in [2.24, 2.45) is 0 Å². The summed E-state index contributed by atoms with van der Waals surface area (Å²) < 4.78 is 0. The summed E-state index contributed by atoms with van der Waals surface area (Å²) in [6, 6.07) is 7.14. The molecule has 0 radical (unpaired) electrons. The van der Waals surface area contributed by atoms with E-state index in [2.05, 4.69) is 5.32 Å². The molecule has 0 aliphatic rings. The zero-order valence-electron chi connectivity index (χ0n) is 9.08. The molecule has 2 N–H and O–H groups in total. The first-order valence-electron chi connectivity index (χ1n) is 5.32. The van der Waals surface area contributed by atoms with Crippen molar-refractivity contribution in [3.05, 3.63) is 29.8 Å². The molecule has 1 aromatic carbocycles. The number of amides is 1. The predicted molar refractivity (Wildman–Crippen MR) is 65.6 cm³/mol. The minimum atomic E-state index is 0.00173. The number of halogens is 1. The van der Waals surface area contributed by atoms with Crippen LogP contribution in [-0.4, -0.2) is 16.9 Å². The summed E-state index contributed by atoms with van der Waals surface area (Å²) in [6.07, 6.45) is 2.16. The minimum Gasteiger partial charge on any atom is -0.392 e. The lowest BCUT2D eigenvalue weighted by molar-refractivity contribution is -0.116. The van der Waals surface area contributed by atoms with Crippen LogP contribution >= 0.6 is 11.6 Å². The quantitative estimate of drug-likeness (QED) is 0.594. The normalized spacial score (nSPS) is 10.1. The second-order valence-electron chi connectivity index (χ2n) is 3.55. The average molecular weight is 242 g/mol. The van der Waals surface area contributed by atoms with Crippen LogP contribution in [0.3, 0.4) is 0 Å². The Hall–Kier alpha value is -1.06. The van der Waals surface area contributed by atoms with Gasteiger partial charge in [-0.25, -0.2) is 0 Å². The van der Waals surface area contributed by atoms with Gasteiger partial charge in [0.1, 0.15) is 0 Å².